The van der Waals surface area contributed by atoms with Crippen molar-refractivity contribution in [3.8, 4) is 0 Å². The van der Waals surface area contributed by atoms with Crippen molar-refractivity contribution in [1.29, 1.82) is 0 Å². The van der Waals surface area contributed by atoms with Gasteiger partial charge < -0.3 is 33.2 Å². The van der Waals surface area contributed by atoms with Crippen LogP contribution in [0.2, 0.25) is 0 Å². The Morgan fingerprint density at radius 3 is 1.98 bits per heavy atom. The van der Waals surface area contributed by atoms with Crippen LogP contribution in [0.4, 0.5) is 0 Å². The van der Waals surface area contributed by atoms with Gasteiger partial charge in [0, 0.05) is 58.8 Å². The molecular weight excluding hydrogens is 592 g/mol. The van der Waals surface area contributed by atoms with Crippen LogP contribution in [0.5, 0.6) is 0 Å². The zero-order chi connectivity index (χ0) is 33.6. The minimum Gasteiger partial charge on any atom is -0.462 e. The van der Waals surface area contributed by atoms with E-state index in [1.54, 1.807) is 33.8 Å². The average Bonchev–Trinajstić information content (AvgIpc) is 3.49. The topological polar surface area (TPSA) is 170 Å². The fraction of sp³-hybridized carbons (Fsp3) is 0.750. The van der Waals surface area contributed by atoms with Crippen LogP contribution in [-0.2, 0) is 61.9 Å². The van der Waals surface area contributed by atoms with Gasteiger partial charge >= 0.3 is 35.8 Å². The predicted octanol–water partition coefficient (Wildman–Crippen LogP) is 2.89. The molecule has 4 aliphatic rings. The number of ether oxygens (including phenoxy) is 7. The molecule has 4 rings (SSSR count). The molecule has 2 aliphatic heterocycles. The van der Waals surface area contributed by atoms with Crippen LogP contribution in [0, 0.1) is 17.3 Å². The molecule has 11 atom stereocenters. The Hall–Kier alpha value is -3.48. The first-order chi connectivity index (χ1) is 20.9. The van der Waals surface area contributed by atoms with Crippen LogP contribution in [0.3, 0.4) is 0 Å². The number of epoxide rings is 1. The summed E-state index contributed by atoms with van der Waals surface area (Å²) in [7, 11) is 0. The first-order valence-corrected chi connectivity index (χ1v) is 15.4. The van der Waals surface area contributed by atoms with Gasteiger partial charge in [0.2, 0.25) is 0 Å². The Bertz CT molecular complexity index is 1290. The summed E-state index contributed by atoms with van der Waals surface area (Å²) in [5.41, 5.74) is -3.89. The molecule has 45 heavy (non-hydrogen) atoms. The lowest BCUT2D eigenvalue weighted by Gasteiger charge is -2.57. The molecule has 1 spiro atoms. The van der Waals surface area contributed by atoms with Crippen LogP contribution >= 0.6 is 0 Å². The maximum absolute atomic E-state index is 13.3. The summed E-state index contributed by atoms with van der Waals surface area (Å²) in [6.45, 7) is 13.5. The standard InChI is InChI=1S/C32H44O13/c1-10-11-25(37)43-22-12-15(2)13-24-32(31(9,45-32)29(38)44-24)28(42-20(7)36)26-16(3)21(39-17(4)33)14-23(40-18(5)34)30(26,8)27(22)41-19(6)35/h13,16,21-24,26-28H,10-12,14H2,1-9H3/b15-13-/t16-,21-,22-,23-,24-,26+,27-,28+,30+,31-,32+/m0/s1. The highest BCUT2D eigenvalue weighted by Gasteiger charge is 2.87. The molecule has 0 N–H and O–H groups in total. The number of carbonyl (C=O) groups is 6. The Labute approximate surface area is 262 Å². The van der Waals surface area contributed by atoms with Gasteiger partial charge in [0.25, 0.3) is 0 Å². The van der Waals surface area contributed by atoms with Gasteiger partial charge in [-0.05, 0) is 26.3 Å². The summed E-state index contributed by atoms with van der Waals surface area (Å²) in [6, 6.07) is 0. The van der Waals surface area contributed by atoms with E-state index in [1.807, 2.05) is 6.92 Å². The molecule has 250 valence electrons. The van der Waals surface area contributed by atoms with Gasteiger partial charge in [-0.15, -0.1) is 0 Å². The van der Waals surface area contributed by atoms with Crippen molar-refractivity contribution in [3.05, 3.63) is 11.6 Å². The van der Waals surface area contributed by atoms with Crippen molar-refractivity contribution in [2.24, 2.45) is 17.3 Å². The van der Waals surface area contributed by atoms with Gasteiger partial charge in [-0.1, -0.05) is 26.3 Å². The van der Waals surface area contributed by atoms with E-state index in [0.717, 1.165) is 0 Å². The van der Waals surface area contributed by atoms with Crippen LogP contribution in [0.1, 0.15) is 88.0 Å². The second-order valence-electron chi connectivity index (χ2n) is 13.0. The van der Waals surface area contributed by atoms with Crippen molar-refractivity contribution < 1.29 is 61.9 Å². The van der Waals surface area contributed by atoms with Crippen LogP contribution in [0.15, 0.2) is 11.6 Å². The van der Waals surface area contributed by atoms with Crippen molar-refractivity contribution in [2.45, 2.75) is 136 Å². The molecule has 13 heteroatoms. The Morgan fingerprint density at radius 1 is 0.867 bits per heavy atom. The molecule has 0 aromatic rings. The zero-order valence-electron chi connectivity index (χ0n) is 27.3. The van der Waals surface area contributed by atoms with E-state index in [4.69, 9.17) is 33.2 Å². The van der Waals surface area contributed by atoms with E-state index < -0.39 is 101 Å². The smallest absolute Gasteiger partial charge is 0.342 e. The molecule has 0 unspecified atom stereocenters. The monoisotopic (exact) mass is 636 g/mol. The van der Waals surface area contributed by atoms with Crippen molar-refractivity contribution >= 4 is 35.8 Å². The third-order valence-electron chi connectivity index (χ3n) is 9.74. The molecular formula is C32H44O13. The molecule has 0 aromatic carbocycles. The Morgan fingerprint density at radius 2 is 1.44 bits per heavy atom. The summed E-state index contributed by atoms with van der Waals surface area (Å²) >= 11 is 0. The molecule has 2 heterocycles. The van der Waals surface area contributed by atoms with Crippen molar-refractivity contribution in [1.82, 2.24) is 0 Å². The quantitative estimate of drug-likeness (QED) is 0.173. The lowest BCUT2D eigenvalue weighted by Crippen LogP contribution is -2.68. The maximum atomic E-state index is 13.3. The highest BCUT2D eigenvalue weighted by molar-refractivity contribution is 5.89. The fourth-order valence-electron chi connectivity index (χ4n) is 7.89. The number of carbonyl (C=O) groups excluding carboxylic acids is 6. The zero-order valence-corrected chi connectivity index (χ0v) is 27.3. The summed E-state index contributed by atoms with van der Waals surface area (Å²) < 4.78 is 41.9. The van der Waals surface area contributed by atoms with Crippen molar-refractivity contribution in [2.75, 3.05) is 0 Å². The van der Waals surface area contributed by atoms with E-state index in [-0.39, 0.29) is 19.3 Å². The molecule has 0 radical (unpaired) electrons. The number of esters is 6. The SMILES string of the molecule is CCCC(=O)O[C@H]1C/C(C)=C\[C@@H]2OC(=O)[C@]3(C)O[C@@]23[C@H](OC(C)=O)[C@H]2[C@@H](C)[C@@H](OC(C)=O)C[C@H](OC(C)=O)[C@@]2(C)[C@H]1OC(C)=O. The van der Waals surface area contributed by atoms with Crippen molar-refractivity contribution in [3.63, 3.8) is 0 Å². The number of fused-ring (bicyclic) bond motifs is 1. The Balaban J connectivity index is 2.07. The maximum Gasteiger partial charge on any atom is 0.342 e. The summed E-state index contributed by atoms with van der Waals surface area (Å²) in [5, 5.41) is 0. The van der Waals surface area contributed by atoms with E-state index in [2.05, 4.69) is 0 Å². The number of hydrogen-bond acceptors (Lipinski definition) is 13. The van der Waals surface area contributed by atoms with Gasteiger partial charge in [-0.25, -0.2) is 4.79 Å². The summed E-state index contributed by atoms with van der Waals surface area (Å²) in [6.07, 6.45) is -4.31. The second-order valence-corrected chi connectivity index (χ2v) is 13.0. The lowest BCUT2D eigenvalue weighted by atomic mass is 9.52. The number of rotatable bonds is 7. The second kappa shape index (κ2) is 12.4. The minimum absolute atomic E-state index is 0.00762. The van der Waals surface area contributed by atoms with Gasteiger partial charge in [0.1, 0.15) is 30.5 Å². The molecule has 2 saturated heterocycles. The van der Waals surface area contributed by atoms with Gasteiger partial charge in [-0.3, -0.25) is 24.0 Å². The van der Waals surface area contributed by atoms with Gasteiger partial charge in [-0.2, -0.15) is 0 Å². The molecule has 0 aromatic heterocycles. The summed E-state index contributed by atoms with van der Waals surface area (Å²) in [4.78, 5) is 76.9. The summed E-state index contributed by atoms with van der Waals surface area (Å²) in [5.74, 6) is -5.50. The third-order valence-corrected chi connectivity index (χ3v) is 9.74. The van der Waals surface area contributed by atoms with E-state index in [0.29, 0.717) is 12.0 Å². The van der Waals surface area contributed by atoms with E-state index in [1.165, 1.54) is 27.7 Å². The van der Waals surface area contributed by atoms with E-state index in [9.17, 15) is 28.8 Å². The average molecular weight is 637 g/mol. The fourth-order valence-corrected chi connectivity index (χ4v) is 7.89. The first kappa shape index (κ1) is 34.4. The molecule has 13 nitrogen and oxygen atoms in total. The van der Waals surface area contributed by atoms with Gasteiger partial charge in [0.05, 0.1) is 5.41 Å². The molecule has 2 aliphatic carbocycles. The normalized spacial score (nSPS) is 41.4. The third kappa shape index (κ3) is 5.95. The Kier molecular flexibility index (Phi) is 9.46. The predicted molar refractivity (Wildman–Crippen MR) is 153 cm³/mol. The first-order valence-electron chi connectivity index (χ1n) is 15.4. The molecule has 0 amide bonds. The highest BCUT2D eigenvalue weighted by atomic mass is 16.7. The van der Waals surface area contributed by atoms with Crippen LogP contribution in [-0.4, -0.2) is 83.6 Å². The van der Waals surface area contributed by atoms with Crippen LogP contribution in [0.25, 0.3) is 0 Å². The highest BCUT2D eigenvalue weighted by Crippen LogP contribution is 2.66. The molecule has 0 bridgehead atoms. The largest absolute Gasteiger partial charge is 0.462 e. The lowest BCUT2D eigenvalue weighted by molar-refractivity contribution is -0.247. The minimum atomic E-state index is -1.53. The van der Waals surface area contributed by atoms with Crippen LogP contribution < -0.4 is 0 Å². The van der Waals surface area contributed by atoms with E-state index >= 15 is 0 Å². The van der Waals surface area contributed by atoms with Gasteiger partial charge in [0.15, 0.2) is 17.3 Å². The molecule has 1 saturated carbocycles. The number of hydrogen-bond donors (Lipinski definition) is 0. The molecule has 3 fully saturated rings.